The van der Waals surface area contributed by atoms with E-state index >= 15 is 0 Å². The summed E-state index contributed by atoms with van der Waals surface area (Å²) < 4.78 is 0. The third-order valence-electron chi connectivity index (χ3n) is 5.97. The van der Waals surface area contributed by atoms with Crippen molar-refractivity contribution in [3.63, 3.8) is 0 Å². The van der Waals surface area contributed by atoms with E-state index in [-0.39, 0.29) is 0 Å². The van der Waals surface area contributed by atoms with Crippen molar-refractivity contribution in [1.29, 1.82) is 0 Å². The van der Waals surface area contributed by atoms with Gasteiger partial charge in [-0.2, -0.15) is 0 Å². The average Bonchev–Trinajstić information content (AvgIpc) is 2.36. The number of carbonyl (C=O) groups excluding carboxylic acids is 1. The minimum absolute atomic E-state index is 0.389. The van der Waals surface area contributed by atoms with E-state index in [9.17, 15) is 9.90 Å². The van der Waals surface area contributed by atoms with Crippen LogP contribution in [-0.2, 0) is 6.42 Å². The maximum atomic E-state index is 11.3. The molecule has 2 nitrogen and oxygen atoms in total. The summed E-state index contributed by atoms with van der Waals surface area (Å²) in [7, 11) is 0. The number of benzene rings is 1. The predicted octanol–water partition coefficient (Wildman–Crippen LogP) is 2.81. The lowest BCUT2D eigenvalue weighted by Crippen LogP contribution is -2.47. The van der Waals surface area contributed by atoms with E-state index in [1.54, 1.807) is 12.1 Å². The second kappa shape index (κ2) is 4.34. The van der Waals surface area contributed by atoms with Gasteiger partial charge in [-0.05, 0) is 73.7 Å². The molecule has 1 aromatic rings. The number of hydrogen-bond donors (Lipinski definition) is 0. The maximum absolute atomic E-state index is 11.3. The Bertz CT molecular complexity index is 511. The lowest BCUT2D eigenvalue weighted by Gasteiger charge is -2.57. The number of hydrogen-bond acceptors (Lipinski definition) is 2. The fourth-order valence-corrected chi connectivity index (χ4v) is 5.78. The van der Waals surface area contributed by atoms with Gasteiger partial charge in [0, 0.05) is 5.56 Å². The van der Waals surface area contributed by atoms with Crippen molar-refractivity contribution in [2.45, 2.75) is 44.9 Å². The van der Waals surface area contributed by atoms with E-state index < -0.39 is 5.97 Å². The number of carbonyl (C=O) groups is 1. The summed E-state index contributed by atoms with van der Waals surface area (Å²) >= 11 is 0. The highest BCUT2D eigenvalue weighted by atomic mass is 16.4. The molecule has 1 aromatic carbocycles. The van der Waals surface area contributed by atoms with E-state index in [1.165, 1.54) is 38.5 Å². The molecule has 0 aliphatic heterocycles. The molecule has 4 fully saturated rings. The molecule has 0 heterocycles. The number of carboxylic acids is 1. The second-order valence-corrected chi connectivity index (χ2v) is 7.54. The van der Waals surface area contributed by atoms with Crippen molar-refractivity contribution in [3.05, 3.63) is 35.4 Å². The number of carboxylic acid groups (broad SMARTS) is 1. The lowest BCUT2D eigenvalue weighted by atomic mass is 9.48. The van der Waals surface area contributed by atoms with Crippen LogP contribution in [0.5, 0.6) is 0 Å². The van der Waals surface area contributed by atoms with Crippen LogP contribution in [0.1, 0.15) is 54.4 Å². The van der Waals surface area contributed by atoms with Gasteiger partial charge in [-0.3, -0.25) is 0 Å². The van der Waals surface area contributed by atoms with Crippen molar-refractivity contribution in [1.82, 2.24) is 0 Å². The predicted molar refractivity (Wildman–Crippen MR) is 75.1 cm³/mol. The quantitative estimate of drug-likeness (QED) is 0.846. The van der Waals surface area contributed by atoms with Gasteiger partial charge < -0.3 is 9.90 Å². The molecule has 0 saturated heterocycles. The van der Waals surface area contributed by atoms with Gasteiger partial charge in [0.25, 0.3) is 0 Å². The van der Waals surface area contributed by atoms with Crippen LogP contribution in [0.3, 0.4) is 0 Å². The van der Waals surface area contributed by atoms with Crippen LogP contribution in [0.2, 0.25) is 0 Å². The second-order valence-electron chi connectivity index (χ2n) is 7.54. The first kappa shape index (κ1) is 12.4. The fraction of sp³-hybridized carbons (Fsp3) is 0.611. The zero-order chi connectivity index (χ0) is 13.7. The average molecular weight is 269 g/mol. The molecule has 0 aromatic heterocycles. The topological polar surface area (TPSA) is 40.1 Å². The van der Waals surface area contributed by atoms with Crippen molar-refractivity contribution in [2.24, 2.45) is 23.2 Å². The molecule has 5 rings (SSSR count). The first-order valence-electron chi connectivity index (χ1n) is 7.93. The van der Waals surface area contributed by atoms with E-state index in [2.05, 4.69) is 0 Å². The smallest absolute Gasteiger partial charge is 0.0718 e. The van der Waals surface area contributed by atoms with Crippen LogP contribution in [0, 0.1) is 23.2 Å². The molecular weight excluding hydrogens is 248 g/mol. The molecule has 106 valence electrons. The van der Waals surface area contributed by atoms with Crippen LogP contribution < -0.4 is 5.11 Å². The lowest BCUT2D eigenvalue weighted by molar-refractivity contribution is -0.255. The van der Waals surface area contributed by atoms with Crippen LogP contribution in [0.25, 0.3) is 0 Å². The van der Waals surface area contributed by atoms with Crippen LogP contribution in [-0.4, -0.2) is 5.97 Å². The van der Waals surface area contributed by atoms with Gasteiger partial charge in [0.15, 0.2) is 0 Å². The van der Waals surface area contributed by atoms with Gasteiger partial charge in [-0.1, -0.05) is 24.3 Å². The van der Waals surface area contributed by atoms with Gasteiger partial charge >= 0.3 is 0 Å². The largest absolute Gasteiger partial charge is 0.545 e. The fourth-order valence-electron chi connectivity index (χ4n) is 5.78. The van der Waals surface area contributed by atoms with Crippen LogP contribution >= 0.6 is 0 Å². The van der Waals surface area contributed by atoms with Gasteiger partial charge in [0.05, 0.1) is 5.97 Å². The highest BCUT2D eigenvalue weighted by Gasteiger charge is 2.50. The maximum Gasteiger partial charge on any atom is 0.0718 e. The molecule has 0 N–H and O–H groups in total. The molecule has 4 aliphatic carbocycles. The molecule has 4 saturated carbocycles. The van der Waals surface area contributed by atoms with Crippen LogP contribution in [0.15, 0.2) is 24.3 Å². The molecule has 20 heavy (non-hydrogen) atoms. The summed E-state index contributed by atoms with van der Waals surface area (Å²) in [5.74, 6) is 1.72. The summed E-state index contributed by atoms with van der Waals surface area (Å²) in [6.45, 7) is 0. The Kier molecular flexibility index (Phi) is 2.70. The molecule has 0 atom stereocenters. The highest BCUT2D eigenvalue weighted by molar-refractivity contribution is 5.87. The van der Waals surface area contributed by atoms with Crippen molar-refractivity contribution < 1.29 is 9.90 Å². The summed E-state index contributed by atoms with van der Waals surface area (Å²) in [6, 6.07) is 7.45. The first-order valence-corrected chi connectivity index (χ1v) is 7.93. The minimum Gasteiger partial charge on any atom is -0.545 e. The van der Waals surface area contributed by atoms with E-state index in [4.69, 9.17) is 0 Å². The third kappa shape index (κ3) is 1.97. The van der Waals surface area contributed by atoms with E-state index in [0.29, 0.717) is 11.0 Å². The third-order valence-corrected chi connectivity index (χ3v) is 5.97. The Morgan fingerprint density at radius 3 is 2.15 bits per heavy atom. The van der Waals surface area contributed by atoms with Crippen molar-refractivity contribution in [3.8, 4) is 0 Å². The van der Waals surface area contributed by atoms with Crippen LogP contribution in [0.4, 0.5) is 0 Å². The molecule has 0 radical (unpaired) electrons. The van der Waals surface area contributed by atoms with Crippen molar-refractivity contribution >= 4 is 5.97 Å². The summed E-state index contributed by atoms with van der Waals surface area (Å²) in [5.41, 5.74) is 1.79. The SMILES string of the molecule is O=C([O-])c1ccccc1CC12CC3CC(CC(C3)C1)C2. The Hall–Kier alpha value is -1.31. The molecular formula is C18H21O2-. The molecule has 4 aliphatic rings. The first-order chi connectivity index (χ1) is 9.63. The van der Waals surface area contributed by atoms with E-state index in [0.717, 1.165) is 29.7 Å². The van der Waals surface area contributed by atoms with Gasteiger partial charge in [0.2, 0.25) is 0 Å². The van der Waals surface area contributed by atoms with Crippen molar-refractivity contribution in [2.75, 3.05) is 0 Å². The van der Waals surface area contributed by atoms with Gasteiger partial charge in [0.1, 0.15) is 0 Å². The zero-order valence-electron chi connectivity index (χ0n) is 11.8. The molecule has 0 amide bonds. The Morgan fingerprint density at radius 1 is 1.05 bits per heavy atom. The van der Waals surface area contributed by atoms with Gasteiger partial charge in [-0.15, -0.1) is 0 Å². The van der Waals surface area contributed by atoms with E-state index in [1.807, 2.05) is 12.1 Å². The highest BCUT2D eigenvalue weighted by Crippen LogP contribution is 2.61. The molecule has 2 heteroatoms. The number of rotatable bonds is 3. The summed E-state index contributed by atoms with van der Waals surface area (Å²) in [4.78, 5) is 11.3. The van der Waals surface area contributed by atoms with Gasteiger partial charge in [-0.25, -0.2) is 0 Å². The minimum atomic E-state index is -1.02. The zero-order valence-corrected chi connectivity index (χ0v) is 11.8. The molecule has 0 unspecified atom stereocenters. The summed E-state index contributed by atoms with van der Waals surface area (Å²) in [6.07, 6.45) is 9.20. The Morgan fingerprint density at radius 2 is 1.60 bits per heavy atom. The standard InChI is InChI=1S/C18H22O2/c19-17(20)16-4-2-1-3-15(16)11-18-8-12-5-13(9-18)7-14(6-12)10-18/h1-4,12-14H,5-11H2,(H,19,20)/p-1. The normalized spacial score (nSPS) is 38.1. The number of aromatic carboxylic acids is 1. The Labute approximate surface area is 120 Å². The molecule has 0 spiro atoms. The molecule has 4 bridgehead atoms. The Balaban J connectivity index is 1.64. The monoisotopic (exact) mass is 269 g/mol. The summed E-state index contributed by atoms with van der Waals surface area (Å²) in [5, 5.41) is 11.3.